The number of aromatic nitrogens is 3. The van der Waals surface area contributed by atoms with E-state index in [2.05, 4.69) is 16.9 Å². The average Bonchev–Trinajstić information content (AvgIpc) is 2.63. The van der Waals surface area contributed by atoms with Gasteiger partial charge in [0.2, 0.25) is 0 Å². The molecule has 0 saturated heterocycles. The summed E-state index contributed by atoms with van der Waals surface area (Å²) in [5.74, 6) is 0. The predicted molar refractivity (Wildman–Crippen MR) is 59.1 cm³/mol. The molecule has 0 aliphatic carbocycles. The first-order valence-corrected chi connectivity index (χ1v) is 5.08. The SMILES string of the molecule is COCC(C)n1ccc2c(Cl)ncnc21. The van der Waals surface area contributed by atoms with Crippen molar-refractivity contribution in [2.75, 3.05) is 13.7 Å². The molecule has 0 bridgehead atoms. The zero-order valence-electron chi connectivity index (χ0n) is 8.64. The van der Waals surface area contributed by atoms with E-state index < -0.39 is 0 Å². The standard InChI is InChI=1S/C10H12ClN3O/c1-7(5-15-2)14-4-3-8-9(11)12-6-13-10(8)14/h3-4,6-7H,5H2,1-2H3. The highest BCUT2D eigenvalue weighted by Crippen LogP contribution is 2.22. The lowest BCUT2D eigenvalue weighted by Crippen LogP contribution is -2.10. The molecular formula is C10H12ClN3O. The number of ether oxygens (including phenoxy) is 1. The number of nitrogens with zero attached hydrogens (tertiary/aromatic N) is 3. The van der Waals surface area contributed by atoms with Gasteiger partial charge in [-0.25, -0.2) is 9.97 Å². The lowest BCUT2D eigenvalue weighted by Gasteiger charge is -2.13. The van der Waals surface area contributed by atoms with Crippen LogP contribution in [0.25, 0.3) is 11.0 Å². The molecule has 1 atom stereocenters. The van der Waals surface area contributed by atoms with Crippen molar-refractivity contribution in [1.29, 1.82) is 0 Å². The molecular weight excluding hydrogens is 214 g/mol. The molecule has 0 spiro atoms. The van der Waals surface area contributed by atoms with Crippen LogP contribution in [0.2, 0.25) is 5.15 Å². The van der Waals surface area contributed by atoms with Crippen molar-refractivity contribution >= 4 is 22.6 Å². The molecule has 0 fully saturated rings. The Morgan fingerprint density at radius 2 is 2.33 bits per heavy atom. The molecule has 1 unspecified atom stereocenters. The van der Waals surface area contributed by atoms with Crippen molar-refractivity contribution in [2.24, 2.45) is 0 Å². The maximum atomic E-state index is 5.96. The number of methoxy groups -OCH3 is 1. The van der Waals surface area contributed by atoms with Gasteiger partial charge in [-0.1, -0.05) is 11.6 Å². The van der Waals surface area contributed by atoms with Gasteiger partial charge in [-0.15, -0.1) is 0 Å². The molecule has 2 rings (SSSR count). The lowest BCUT2D eigenvalue weighted by atomic mass is 10.3. The smallest absolute Gasteiger partial charge is 0.145 e. The van der Waals surface area contributed by atoms with Crippen molar-refractivity contribution in [3.63, 3.8) is 0 Å². The Labute approximate surface area is 92.8 Å². The third kappa shape index (κ3) is 1.82. The highest BCUT2D eigenvalue weighted by molar-refractivity contribution is 6.33. The van der Waals surface area contributed by atoms with Crippen molar-refractivity contribution in [1.82, 2.24) is 14.5 Å². The molecule has 5 heteroatoms. The zero-order valence-corrected chi connectivity index (χ0v) is 9.40. The monoisotopic (exact) mass is 225 g/mol. The van der Waals surface area contributed by atoms with Gasteiger partial charge < -0.3 is 9.30 Å². The molecule has 0 radical (unpaired) electrons. The summed E-state index contributed by atoms with van der Waals surface area (Å²) in [4.78, 5) is 8.15. The summed E-state index contributed by atoms with van der Waals surface area (Å²) in [5.41, 5.74) is 0.847. The third-order valence-electron chi connectivity index (χ3n) is 2.34. The first-order valence-electron chi connectivity index (χ1n) is 4.70. The van der Waals surface area contributed by atoms with Crippen LogP contribution in [0, 0.1) is 0 Å². The fourth-order valence-electron chi connectivity index (χ4n) is 1.62. The maximum Gasteiger partial charge on any atom is 0.145 e. The Morgan fingerprint density at radius 1 is 1.53 bits per heavy atom. The van der Waals surface area contributed by atoms with Gasteiger partial charge >= 0.3 is 0 Å². The fourth-order valence-corrected chi connectivity index (χ4v) is 1.81. The number of halogens is 1. The number of hydrogen-bond acceptors (Lipinski definition) is 3. The van der Waals surface area contributed by atoms with Crippen LogP contribution >= 0.6 is 11.6 Å². The number of rotatable bonds is 3. The zero-order chi connectivity index (χ0) is 10.8. The van der Waals surface area contributed by atoms with Crippen LogP contribution in [0.1, 0.15) is 13.0 Å². The molecule has 0 aromatic carbocycles. The predicted octanol–water partition coefficient (Wildman–Crippen LogP) is 2.29. The van der Waals surface area contributed by atoms with Gasteiger partial charge in [-0.05, 0) is 13.0 Å². The molecule has 80 valence electrons. The van der Waals surface area contributed by atoms with Gasteiger partial charge in [0.15, 0.2) is 0 Å². The number of fused-ring (bicyclic) bond motifs is 1. The van der Waals surface area contributed by atoms with Gasteiger partial charge in [0, 0.05) is 13.3 Å². The summed E-state index contributed by atoms with van der Waals surface area (Å²) in [5, 5.41) is 1.37. The van der Waals surface area contributed by atoms with E-state index in [9.17, 15) is 0 Å². The minimum absolute atomic E-state index is 0.235. The first-order chi connectivity index (χ1) is 7.24. The van der Waals surface area contributed by atoms with Gasteiger partial charge in [-0.2, -0.15) is 0 Å². The van der Waals surface area contributed by atoms with E-state index in [0.29, 0.717) is 11.8 Å². The largest absolute Gasteiger partial charge is 0.383 e. The van der Waals surface area contributed by atoms with E-state index >= 15 is 0 Å². The molecule has 0 aliphatic heterocycles. The van der Waals surface area contributed by atoms with E-state index in [1.807, 2.05) is 16.8 Å². The highest BCUT2D eigenvalue weighted by atomic mass is 35.5. The van der Waals surface area contributed by atoms with Crippen molar-refractivity contribution in [3.05, 3.63) is 23.7 Å². The third-order valence-corrected chi connectivity index (χ3v) is 2.64. The summed E-state index contributed by atoms with van der Waals surface area (Å²) in [7, 11) is 1.68. The van der Waals surface area contributed by atoms with Crippen LogP contribution in [0.3, 0.4) is 0 Å². The maximum absolute atomic E-state index is 5.96. The molecule has 0 N–H and O–H groups in total. The Morgan fingerprint density at radius 3 is 3.07 bits per heavy atom. The molecule has 0 aliphatic rings. The van der Waals surface area contributed by atoms with E-state index in [0.717, 1.165) is 11.0 Å². The Bertz CT molecular complexity index is 469. The normalized spacial score (nSPS) is 13.3. The molecule has 15 heavy (non-hydrogen) atoms. The van der Waals surface area contributed by atoms with Gasteiger partial charge in [-0.3, -0.25) is 0 Å². The molecule has 0 amide bonds. The molecule has 2 aromatic rings. The minimum Gasteiger partial charge on any atom is -0.383 e. The van der Waals surface area contributed by atoms with Crippen molar-refractivity contribution < 1.29 is 4.74 Å². The first kappa shape index (κ1) is 10.4. The van der Waals surface area contributed by atoms with E-state index in [1.165, 1.54) is 6.33 Å². The molecule has 4 nitrogen and oxygen atoms in total. The van der Waals surface area contributed by atoms with Crippen molar-refractivity contribution in [2.45, 2.75) is 13.0 Å². The second-order valence-electron chi connectivity index (χ2n) is 3.43. The van der Waals surface area contributed by atoms with Crippen LogP contribution in [-0.4, -0.2) is 28.3 Å². The Hall–Kier alpha value is -1.13. The van der Waals surface area contributed by atoms with Crippen LogP contribution in [0.5, 0.6) is 0 Å². The van der Waals surface area contributed by atoms with Crippen LogP contribution in [0.4, 0.5) is 0 Å². The molecule has 0 saturated carbocycles. The van der Waals surface area contributed by atoms with E-state index in [4.69, 9.17) is 16.3 Å². The van der Waals surface area contributed by atoms with E-state index in [-0.39, 0.29) is 6.04 Å². The summed E-state index contributed by atoms with van der Waals surface area (Å²) in [6, 6.07) is 2.16. The molecule has 2 aromatic heterocycles. The summed E-state index contributed by atoms with van der Waals surface area (Å²) >= 11 is 5.96. The highest BCUT2D eigenvalue weighted by Gasteiger charge is 2.10. The van der Waals surface area contributed by atoms with Gasteiger partial charge in [0.25, 0.3) is 0 Å². The summed E-state index contributed by atoms with van der Waals surface area (Å²) in [6.45, 7) is 2.71. The summed E-state index contributed by atoms with van der Waals surface area (Å²) < 4.78 is 7.14. The van der Waals surface area contributed by atoms with E-state index in [1.54, 1.807) is 7.11 Å². The average molecular weight is 226 g/mol. The topological polar surface area (TPSA) is 39.9 Å². The van der Waals surface area contributed by atoms with Crippen LogP contribution in [0.15, 0.2) is 18.6 Å². The van der Waals surface area contributed by atoms with Gasteiger partial charge in [0.05, 0.1) is 18.0 Å². The lowest BCUT2D eigenvalue weighted by molar-refractivity contribution is 0.164. The quantitative estimate of drug-likeness (QED) is 0.753. The Kier molecular flexibility index (Phi) is 2.88. The second kappa shape index (κ2) is 4.16. The minimum atomic E-state index is 0.235. The second-order valence-corrected chi connectivity index (χ2v) is 3.79. The Balaban J connectivity index is 2.49. The molecule has 2 heterocycles. The van der Waals surface area contributed by atoms with Crippen LogP contribution < -0.4 is 0 Å². The summed E-state index contributed by atoms with van der Waals surface area (Å²) in [6.07, 6.45) is 3.43. The fraction of sp³-hybridized carbons (Fsp3) is 0.400. The van der Waals surface area contributed by atoms with Crippen LogP contribution in [-0.2, 0) is 4.74 Å². The van der Waals surface area contributed by atoms with Gasteiger partial charge in [0.1, 0.15) is 17.1 Å². The number of hydrogen-bond donors (Lipinski definition) is 0. The van der Waals surface area contributed by atoms with Crippen molar-refractivity contribution in [3.8, 4) is 0 Å².